The fraction of sp³-hybridized carbons (Fsp3) is 0.417. The molecule has 2 heterocycles. The highest BCUT2D eigenvalue weighted by Gasteiger charge is 2.36. The molecule has 1 fully saturated rings. The zero-order valence-electron chi connectivity index (χ0n) is 11.0. The van der Waals surface area contributed by atoms with Crippen molar-refractivity contribution in [2.24, 2.45) is 0 Å². The summed E-state index contributed by atoms with van der Waals surface area (Å²) in [5.41, 5.74) is 0.401. The molecule has 0 spiro atoms. The van der Waals surface area contributed by atoms with Crippen LogP contribution < -0.4 is 4.90 Å². The number of carbonyl (C=O) groups excluding carboxylic acids is 2. The Morgan fingerprint density at radius 3 is 2.85 bits per heavy atom. The summed E-state index contributed by atoms with van der Waals surface area (Å²) < 4.78 is 0. The Balaban J connectivity index is 2.32. The fourth-order valence-corrected chi connectivity index (χ4v) is 2.99. The molecule has 1 saturated heterocycles. The number of carbonyl (C=O) groups is 2. The van der Waals surface area contributed by atoms with Gasteiger partial charge in [-0.05, 0) is 13.0 Å². The number of amides is 1. The highest BCUT2D eigenvalue weighted by Crippen LogP contribution is 2.32. The number of anilines is 1. The minimum absolute atomic E-state index is 0.0617. The molecule has 1 unspecified atom stereocenters. The lowest BCUT2D eigenvalue weighted by atomic mass is 10.3. The molecule has 1 aliphatic heterocycles. The van der Waals surface area contributed by atoms with Gasteiger partial charge in [0.15, 0.2) is 5.12 Å². The summed E-state index contributed by atoms with van der Waals surface area (Å²) in [5.74, 6) is -0.184. The molecule has 2 rings (SSSR count). The predicted molar refractivity (Wildman–Crippen MR) is 74.7 cm³/mol. The highest BCUT2D eigenvalue weighted by atomic mass is 32.2. The quantitative estimate of drug-likeness (QED) is 0.622. The Morgan fingerprint density at radius 2 is 2.25 bits per heavy atom. The van der Waals surface area contributed by atoms with Crippen molar-refractivity contribution in [1.82, 2.24) is 4.98 Å². The van der Waals surface area contributed by atoms with Crippen LogP contribution in [-0.4, -0.2) is 32.7 Å². The van der Waals surface area contributed by atoms with Crippen LogP contribution in [0.3, 0.4) is 0 Å². The topological polar surface area (TPSA) is 93.4 Å². The zero-order valence-corrected chi connectivity index (χ0v) is 11.8. The van der Waals surface area contributed by atoms with Crippen LogP contribution in [0.5, 0.6) is 0 Å². The second-order valence-corrected chi connectivity index (χ2v) is 5.97. The lowest BCUT2D eigenvalue weighted by molar-refractivity contribution is -0.384. The highest BCUT2D eigenvalue weighted by molar-refractivity contribution is 8.14. The maximum atomic E-state index is 12.0. The molecule has 7 nitrogen and oxygen atoms in total. The maximum Gasteiger partial charge on any atom is 0.312 e. The van der Waals surface area contributed by atoms with E-state index in [4.69, 9.17) is 0 Å². The number of nitrogens with zero attached hydrogens (tertiary/aromatic N) is 3. The summed E-state index contributed by atoms with van der Waals surface area (Å²) >= 11 is 1.08. The number of nitro groups is 1. The van der Waals surface area contributed by atoms with Gasteiger partial charge < -0.3 is 0 Å². The van der Waals surface area contributed by atoms with E-state index in [1.54, 1.807) is 6.92 Å². The van der Waals surface area contributed by atoms with Crippen molar-refractivity contribution < 1.29 is 14.5 Å². The summed E-state index contributed by atoms with van der Waals surface area (Å²) in [4.78, 5) is 39.0. The first-order chi connectivity index (χ1) is 9.38. The Labute approximate surface area is 119 Å². The lowest BCUT2D eigenvalue weighted by Crippen LogP contribution is -2.27. The molecule has 1 atom stereocenters. The summed E-state index contributed by atoms with van der Waals surface area (Å²) in [6, 6.07) is 2.88. The smallest absolute Gasteiger partial charge is 0.290 e. The van der Waals surface area contributed by atoms with Gasteiger partial charge in [-0.15, -0.1) is 0 Å². The van der Waals surface area contributed by atoms with Gasteiger partial charge in [-0.1, -0.05) is 11.8 Å². The van der Waals surface area contributed by atoms with Gasteiger partial charge >= 0.3 is 5.69 Å². The normalized spacial score (nSPS) is 18.4. The van der Waals surface area contributed by atoms with E-state index in [2.05, 4.69) is 4.98 Å². The van der Waals surface area contributed by atoms with Crippen LogP contribution in [0.2, 0.25) is 0 Å². The van der Waals surface area contributed by atoms with Gasteiger partial charge in [0.25, 0.3) is 0 Å². The summed E-state index contributed by atoms with van der Waals surface area (Å²) in [7, 11) is 0. The van der Waals surface area contributed by atoms with Gasteiger partial charge in [0.1, 0.15) is 0 Å². The number of pyridine rings is 1. The Kier molecular flexibility index (Phi) is 4.03. The number of hydrogen-bond acceptors (Lipinski definition) is 6. The third kappa shape index (κ3) is 2.96. The minimum Gasteiger partial charge on any atom is -0.290 e. The molecule has 0 bridgehead atoms. The van der Waals surface area contributed by atoms with Crippen LogP contribution in [0, 0.1) is 17.0 Å². The van der Waals surface area contributed by atoms with Crippen molar-refractivity contribution in [1.29, 1.82) is 0 Å². The van der Waals surface area contributed by atoms with Gasteiger partial charge in [0.2, 0.25) is 11.7 Å². The third-order valence-electron chi connectivity index (χ3n) is 2.87. The van der Waals surface area contributed by atoms with E-state index in [0.29, 0.717) is 5.69 Å². The number of aromatic nitrogens is 1. The monoisotopic (exact) mass is 295 g/mol. The number of thioether (sulfide) groups is 1. The molecule has 8 heteroatoms. The van der Waals surface area contributed by atoms with Crippen molar-refractivity contribution in [2.75, 3.05) is 11.4 Å². The van der Waals surface area contributed by atoms with E-state index >= 15 is 0 Å². The second kappa shape index (κ2) is 5.58. The first-order valence-electron chi connectivity index (χ1n) is 5.98. The number of aryl methyl sites for hydroxylation is 1. The van der Waals surface area contributed by atoms with Crippen LogP contribution in [-0.2, 0) is 9.59 Å². The van der Waals surface area contributed by atoms with Crippen molar-refractivity contribution >= 4 is 34.3 Å². The summed E-state index contributed by atoms with van der Waals surface area (Å²) in [6.45, 7) is 3.40. The molecular weight excluding hydrogens is 282 g/mol. The molecule has 0 aromatic carbocycles. The summed E-state index contributed by atoms with van der Waals surface area (Å²) in [6.07, 6.45) is 0.191. The van der Waals surface area contributed by atoms with Gasteiger partial charge in [-0.3, -0.25) is 24.6 Å². The number of rotatable bonds is 3. The molecule has 1 amide bonds. The molecule has 0 aliphatic carbocycles. The van der Waals surface area contributed by atoms with Crippen LogP contribution in [0.1, 0.15) is 19.0 Å². The summed E-state index contributed by atoms with van der Waals surface area (Å²) in [5, 5.41) is 10.8. The van der Waals surface area contributed by atoms with Crippen molar-refractivity contribution in [3.63, 3.8) is 0 Å². The van der Waals surface area contributed by atoms with Crippen molar-refractivity contribution in [2.45, 2.75) is 25.5 Å². The molecule has 20 heavy (non-hydrogen) atoms. The van der Waals surface area contributed by atoms with E-state index in [9.17, 15) is 19.7 Å². The molecule has 1 aromatic rings. The van der Waals surface area contributed by atoms with Gasteiger partial charge in [0.05, 0.1) is 4.92 Å². The standard InChI is InChI=1S/C12H13N3O4S/c1-7-3-4-10(15(18)19)12(13-7)14-6-9(5-11(14)17)20-8(2)16/h3-4,9H,5-6H2,1-2H3. The molecule has 0 saturated carbocycles. The molecular formula is C12H13N3O4S. The molecule has 1 aliphatic rings. The third-order valence-corrected chi connectivity index (χ3v) is 3.85. The zero-order chi connectivity index (χ0) is 14.9. The molecule has 1 aromatic heterocycles. The molecule has 106 valence electrons. The Morgan fingerprint density at radius 1 is 1.55 bits per heavy atom. The van der Waals surface area contributed by atoms with Gasteiger partial charge in [0, 0.05) is 36.9 Å². The van der Waals surface area contributed by atoms with Crippen LogP contribution >= 0.6 is 11.8 Å². The minimum atomic E-state index is -0.555. The Hall–Kier alpha value is -1.96. The second-order valence-electron chi connectivity index (χ2n) is 4.49. The average Bonchev–Trinajstić information content (AvgIpc) is 2.68. The fourth-order valence-electron chi connectivity index (χ4n) is 2.07. The van der Waals surface area contributed by atoms with Crippen LogP contribution in [0.15, 0.2) is 12.1 Å². The first-order valence-corrected chi connectivity index (χ1v) is 6.86. The Bertz CT molecular complexity index is 590. The molecule has 0 N–H and O–H groups in total. The first kappa shape index (κ1) is 14.4. The van der Waals surface area contributed by atoms with Crippen molar-refractivity contribution in [3.05, 3.63) is 27.9 Å². The van der Waals surface area contributed by atoms with Crippen molar-refractivity contribution in [3.8, 4) is 0 Å². The number of hydrogen-bond donors (Lipinski definition) is 0. The SMILES string of the molecule is CC(=O)SC1CC(=O)N(c2nc(C)ccc2[N+](=O)[O-])C1. The van der Waals surface area contributed by atoms with Gasteiger partial charge in [-0.2, -0.15) is 0 Å². The van der Waals surface area contributed by atoms with E-state index < -0.39 is 4.92 Å². The lowest BCUT2D eigenvalue weighted by Gasteiger charge is -2.15. The van der Waals surface area contributed by atoms with Crippen LogP contribution in [0.4, 0.5) is 11.5 Å². The maximum absolute atomic E-state index is 12.0. The largest absolute Gasteiger partial charge is 0.312 e. The van der Waals surface area contributed by atoms with E-state index in [1.807, 2.05) is 0 Å². The predicted octanol–water partition coefficient (Wildman–Crippen LogP) is 1.68. The average molecular weight is 295 g/mol. The van der Waals surface area contributed by atoms with E-state index in [-0.39, 0.29) is 40.7 Å². The van der Waals surface area contributed by atoms with E-state index in [0.717, 1.165) is 11.8 Å². The van der Waals surface area contributed by atoms with Gasteiger partial charge in [-0.25, -0.2) is 4.98 Å². The van der Waals surface area contributed by atoms with Crippen LogP contribution in [0.25, 0.3) is 0 Å². The molecule has 0 radical (unpaired) electrons. The van der Waals surface area contributed by atoms with E-state index in [1.165, 1.54) is 24.0 Å².